The number of carbonyl (C=O) groups is 3. The molecule has 0 aliphatic heterocycles. The number of hydrogen-bond acceptors (Lipinski definition) is 3. The molecule has 0 aromatic heterocycles. The van der Waals surface area contributed by atoms with Gasteiger partial charge in [0.2, 0.25) is 5.91 Å². The van der Waals surface area contributed by atoms with Gasteiger partial charge in [-0.15, -0.1) is 0 Å². The molecule has 4 amide bonds. The van der Waals surface area contributed by atoms with E-state index in [0.29, 0.717) is 22.0 Å². The van der Waals surface area contributed by atoms with Crippen molar-refractivity contribution in [2.24, 2.45) is 0 Å². The minimum Gasteiger partial charge on any atom is -0.335 e. The molecule has 8 heteroatoms. The molecular formula is C20H21ClN4O3. The summed E-state index contributed by atoms with van der Waals surface area (Å²) in [4.78, 5) is 37.7. The Labute approximate surface area is 168 Å². The van der Waals surface area contributed by atoms with Crippen molar-refractivity contribution in [3.8, 4) is 0 Å². The molecule has 0 heterocycles. The summed E-state index contributed by atoms with van der Waals surface area (Å²) in [6, 6.07) is 13.3. The fourth-order valence-electron chi connectivity index (χ4n) is 2.55. The van der Waals surface area contributed by atoms with E-state index in [4.69, 9.17) is 11.6 Å². The average molecular weight is 401 g/mol. The van der Waals surface area contributed by atoms with E-state index >= 15 is 0 Å². The zero-order chi connectivity index (χ0) is 20.1. The van der Waals surface area contributed by atoms with Gasteiger partial charge < -0.3 is 20.9 Å². The highest BCUT2D eigenvalue weighted by Crippen LogP contribution is 2.19. The number of nitrogens with zero attached hydrogens (tertiary/aromatic N) is 1. The molecule has 1 aliphatic rings. The van der Waals surface area contributed by atoms with Crippen LogP contribution in [0, 0.1) is 0 Å². The fraction of sp³-hybridized carbons (Fsp3) is 0.250. The second-order valence-corrected chi connectivity index (χ2v) is 7.11. The number of benzene rings is 2. The Bertz CT molecular complexity index is 881. The van der Waals surface area contributed by atoms with Crippen molar-refractivity contribution >= 4 is 40.8 Å². The third kappa shape index (κ3) is 5.72. The van der Waals surface area contributed by atoms with E-state index in [1.807, 2.05) is 0 Å². The van der Waals surface area contributed by atoms with Crippen molar-refractivity contribution in [2.75, 3.05) is 24.2 Å². The number of nitrogens with one attached hydrogen (secondary N) is 3. The van der Waals surface area contributed by atoms with Crippen LogP contribution in [0.1, 0.15) is 23.2 Å². The first-order chi connectivity index (χ1) is 13.4. The third-order valence-electron chi connectivity index (χ3n) is 4.14. The molecular weight excluding hydrogens is 380 g/mol. The van der Waals surface area contributed by atoms with E-state index in [-0.39, 0.29) is 30.4 Å². The van der Waals surface area contributed by atoms with Gasteiger partial charge in [0.1, 0.15) is 0 Å². The molecule has 0 atom stereocenters. The van der Waals surface area contributed by atoms with E-state index in [0.717, 1.165) is 12.8 Å². The SMILES string of the molecule is CN(CC(=O)Nc1cccc(Cl)c1)C(=O)c1ccc(NC(=O)NC2CC2)cc1. The van der Waals surface area contributed by atoms with E-state index in [9.17, 15) is 14.4 Å². The zero-order valence-corrected chi connectivity index (χ0v) is 16.1. The van der Waals surface area contributed by atoms with Crippen molar-refractivity contribution in [3.63, 3.8) is 0 Å². The van der Waals surface area contributed by atoms with Gasteiger partial charge in [0.15, 0.2) is 0 Å². The predicted molar refractivity (Wildman–Crippen MR) is 109 cm³/mol. The number of hydrogen-bond donors (Lipinski definition) is 3. The van der Waals surface area contributed by atoms with Crippen LogP contribution in [0.3, 0.4) is 0 Å². The molecule has 3 N–H and O–H groups in total. The molecule has 2 aromatic rings. The lowest BCUT2D eigenvalue weighted by Crippen LogP contribution is -2.35. The lowest BCUT2D eigenvalue weighted by Gasteiger charge is -2.17. The van der Waals surface area contributed by atoms with Gasteiger partial charge in [0, 0.05) is 35.1 Å². The normalized spacial score (nSPS) is 12.8. The van der Waals surface area contributed by atoms with Gasteiger partial charge >= 0.3 is 6.03 Å². The summed E-state index contributed by atoms with van der Waals surface area (Å²) in [5.74, 6) is -0.622. The molecule has 0 bridgehead atoms. The minimum absolute atomic E-state index is 0.102. The smallest absolute Gasteiger partial charge is 0.319 e. The van der Waals surface area contributed by atoms with Crippen LogP contribution in [0.25, 0.3) is 0 Å². The first kappa shape index (κ1) is 19.7. The zero-order valence-electron chi connectivity index (χ0n) is 15.4. The highest BCUT2D eigenvalue weighted by atomic mass is 35.5. The van der Waals surface area contributed by atoms with Gasteiger partial charge in [0.25, 0.3) is 5.91 Å². The van der Waals surface area contributed by atoms with Crippen LogP contribution < -0.4 is 16.0 Å². The summed E-state index contributed by atoms with van der Waals surface area (Å²) < 4.78 is 0. The summed E-state index contributed by atoms with van der Waals surface area (Å²) in [6.45, 7) is -0.102. The van der Waals surface area contributed by atoms with E-state index in [1.54, 1.807) is 55.6 Å². The van der Waals surface area contributed by atoms with Crippen LogP contribution in [0.15, 0.2) is 48.5 Å². The summed E-state index contributed by atoms with van der Waals surface area (Å²) in [5.41, 5.74) is 1.58. The van der Waals surface area contributed by atoms with Crippen molar-refractivity contribution in [2.45, 2.75) is 18.9 Å². The molecule has 3 rings (SSSR count). The number of halogens is 1. The molecule has 2 aromatic carbocycles. The highest BCUT2D eigenvalue weighted by Gasteiger charge is 2.23. The number of anilines is 2. The molecule has 0 unspecified atom stereocenters. The van der Waals surface area contributed by atoms with Crippen LogP contribution in [0.5, 0.6) is 0 Å². The Balaban J connectivity index is 1.52. The quantitative estimate of drug-likeness (QED) is 0.694. The van der Waals surface area contributed by atoms with Crippen LogP contribution in [-0.4, -0.2) is 42.4 Å². The lowest BCUT2D eigenvalue weighted by atomic mass is 10.2. The Morgan fingerprint density at radius 3 is 2.39 bits per heavy atom. The number of carbonyl (C=O) groups excluding carboxylic acids is 3. The third-order valence-corrected chi connectivity index (χ3v) is 4.37. The van der Waals surface area contributed by atoms with Crippen molar-refractivity contribution < 1.29 is 14.4 Å². The van der Waals surface area contributed by atoms with E-state index in [2.05, 4.69) is 16.0 Å². The first-order valence-corrected chi connectivity index (χ1v) is 9.27. The van der Waals surface area contributed by atoms with E-state index in [1.165, 1.54) is 4.90 Å². The van der Waals surface area contributed by atoms with Gasteiger partial charge in [-0.3, -0.25) is 9.59 Å². The monoisotopic (exact) mass is 400 g/mol. The van der Waals surface area contributed by atoms with Gasteiger partial charge in [-0.2, -0.15) is 0 Å². The molecule has 1 fully saturated rings. The fourth-order valence-corrected chi connectivity index (χ4v) is 2.74. The van der Waals surface area contributed by atoms with Crippen molar-refractivity contribution in [3.05, 3.63) is 59.1 Å². The first-order valence-electron chi connectivity index (χ1n) is 8.89. The maximum atomic E-state index is 12.5. The van der Waals surface area contributed by atoms with Crippen LogP contribution in [-0.2, 0) is 4.79 Å². The summed E-state index contributed by atoms with van der Waals surface area (Å²) in [5, 5.41) is 8.76. The minimum atomic E-state index is -0.326. The molecule has 7 nitrogen and oxygen atoms in total. The topological polar surface area (TPSA) is 90.5 Å². The van der Waals surface area contributed by atoms with Gasteiger partial charge in [-0.1, -0.05) is 17.7 Å². The summed E-state index contributed by atoms with van der Waals surface area (Å²) in [6.07, 6.45) is 2.02. The molecule has 0 saturated heterocycles. The van der Waals surface area contributed by atoms with Gasteiger partial charge in [-0.25, -0.2) is 4.79 Å². The predicted octanol–water partition coefficient (Wildman–Crippen LogP) is 3.33. The Morgan fingerprint density at radius 2 is 1.75 bits per heavy atom. The number of likely N-dealkylation sites (N-methyl/N-ethyl adjacent to an activating group) is 1. The van der Waals surface area contributed by atoms with Crippen LogP contribution >= 0.6 is 11.6 Å². The summed E-state index contributed by atoms with van der Waals surface area (Å²) >= 11 is 5.89. The van der Waals surface area contributed by atoms with Gasteiger partial charge in [0.05, 0.1) is 6.54 Å². The standard InChI is InChI=1S/C20H21ClN4O3/c1-25(12-18(26)22-17-4-2-3-14(21)11-17)19(27)13-5-7-15(8-6-13)23-20(28)24-16-9-10-16/h2-8,11,16H,9-10,12H2,1H3,(H,22,26)(H2,23,24,28). The van der Waals surface area contributed by atoms with Crippen molar-refractivity contribution in [1.82, 2.24) is 10.2 Å². The Hall–Kier alpha value is -3.06. The largest absolute Gasteiger partial charge is 0.335 e. The van der Waals surface area contributed by atoms with Crippen LogP contribution in [0.2, 0.25) is 5.02 Å². The second-order valence-electron chi connectivity index (χ2n) is 6.67. The van der Waals surface area contributed by atoms with Gasteiger partial charge in [-0.05, 0) is 55.3 Å². The highest BCUT2D eigenvalue weighted by molar-refractivity contribution is 6.30. The molecule has 0 radical (unpaired) electrons. The van der Waals surface area contributed by atoms with Crippen molar-refractivity contribution in [1.29, 1.82) is 0 Å². The number of rotatable bonds is 6. The Kier molecular flexibility index (Phi) is 6.16. The molecule has 146 valence electrons. The average Bonchev–Trinajstić information content (AvgIpc) is 3.45. The second kappa shape index (κ2) is 8.75. The lowest BCUT2D eigenvalue weighted by molar-refractivity contribution is -0.116. The van der Waals surface area contributed by atoms with E-state index < -0.39 is 0 Å². The summed E-state index contributed by atoms with van der Waals surface area (Å²) in [7, 11) is 1.55. The van der Waals surface area contributed by atoms with Crippen LogP contribution in [0.4, 0.5) is 16.2 Å². The molecule has 1 aliphatic carbocycles. The Morgan fingerprint density at radius 1 is 1.04 bits per heavy atom. The number of amides is 4. The molecule has 28 heavy (non-hydrogen) atoms. The number of urea groups is 1. The molecule has 0 spiro atoms. The maximum absolute atomic E-state index is 12.5. The molecule has 1 saturated carbocycles. The maximum Gasteiger partial charge on any atom is 0.319 e.